The Morgan fingerprint density at radius 1 is 1.15 bits per heavy atom. The van der Waals surface area contributed by atoms with Crippen LogP contribution in [0.3, 0.4) is 0 Å². The highest BCUT2D eigenvalue weighted by atomic mass is 79.9. The lowest BCUT2D eigenvalue weighted by Crippen LogP contribution is -2.49. The van der Waals surface area contributed by atoms with Gasteiger partial charge in [-0.2, -0.15) is 0 Å². The number of hydrogen-bond donors (Lipinski definition) is 2. The number of piperazine rings is 1. The van der Waals surface area contributed by atoms with Crippen molar-refractivity contribution >= 4 is 50.1 Å². The fraction of sp³-hybridized carbons (Fsp3) is 0.250. The first kappa shape index (κ1) is 18.3. The number of H-pyrrole nitrogens is 1. The Kier molecular flexibility index (Phi) is 5.12. The Bertz CT molecular complexity index is 982. The van der Waals surface area contributed by atoms with E-state index in [1.165, 1.54) is 0 Å². The van der Waals surface area contributed by atoms with Gasteiger partial charge in [-0.05, 0) is 36.4 Å². The molecule has 0 radical (unpaired) electrons. The SMILES string of the molecule is O=C(O)[C@H](c1c[nH]c2ccc(Br)cc12)N1CCN(c2cccc(Cl)c2)CC1. The number of carboxylic acid groups (broad SMARTS) is 1. The summed E-state index contributed by atoms with van der Waals surface area (Å²) in [7, 11) is 0. The maximum Gasteiger partial charge on any atom is 0.325 e. The molecule has 1 aliphatic rings. The molecule has 27 heavy (non-hydrogen) atoms. The quantitative estimate of drug-likeness (QED) is 0.615. The van der Waals surface area contributed by atoms with Crippen LogP contribution < -0.4 is 4.90 Å². The van der Waals surface area contributed by atoms with E-state index in [1.807, 2.05) is 53.6 Å². The molecular formula is C20H19BrClN3O2. The van der Waals surface area contributed by atoms with Crippen LogP contribution in [0.15, 0.2) is 53.1 Å². The number of aliphatic carboxylic acids is 1. The molecule has 7 heteroatoms. The predicted octanol–water partition coefficient (Wildman–Crippen LogP) is 4.53. The smallest absolute Gasteiger partial charge is 0.325 e. The molecule has 0 aliphatic carbocycles. The van der Waals surface area contributed by atoms with E-state index in [4.69, 9.17) is 11.6 Å². The van der Waals surface area contributed by atoms with Gasteiger partial charge < -0.3 is 15.0 Å². The van der Waals surface area contributed by atoms with E-state index in [2.05, 4.69) is 25.8 Å². The van der Waals surface area contributed by atoms with Gasteiger partial charge in [-0.25, -0.2) is 0 Å². The number of aromatic amines is 1. The number of hydrogen-bond acceptors (Lipinski definition) is 3. The summed E-state index contributed by atoms with van der Waals surface area (Å²) in [5.74, 6) is -0.827. The standard InChI is InChI=1S/C20H19BrClN3O2/c21-13-4-5-18-16(10-13)17(12-23-18)19(20(26)27)25-8-6-24(7-9-25)15-3-1-2-14(22)11-15/h1-5,10-12,19,23H,6-9H2,(H,26,27)/t19-/m0/s1. The Morgan fingerprint density at radius 3 is 2.63 bits per heavy atom. The zero-order valence-corrected chi connectivity index (χ0v) is 16.9. The van der Waals surface area contributed by atoms with Crippen molar-refractivity contribution in [2.75, 3.05) is 31.1 Å². The van der Waals surface area contributed by atoms with Gasteiger partial charge in [0.25, 0.3) is 0 Å². The highest BCUT2D eigenvalue weighted by molar-refractivity contribution is 9.10. The third kappa shape index (κ3) is 3.70. The Balaban J connectivity index is 1.57. The number of aromatic nitrogens is 1. The Labute approximate surface area is 170 Å². The topological polar surface area (TPSA) is 59.6 Å². The molecule has 0 spiro atoms. The van der Waals surface area contributed by atoms with Gasteiger partial charge in [0.15, 0.2) is 0 Å². The summed E-state index contributed by atoms with van der Waals surface area (Å²) in [4.78, 5) is 19.6. The van der Waals surface area contributed by atoms with E-state index in [-0.39, 0.29) is 0 Å². The van der Waals surface area contributed by atoms with E-state index < -0.39 is 12.0 Å². The van der Waals surface area contributed by atoms with Crippen LogP contribution in [0.2, 0.25) is 5.02 Å². The molecule has 0 unspecified atom stereocenters. The van der Waals surface area contributed by atoms with Crippen molar-refractivity contribution in [1.82, 2.24) is 9.88 Å². The summed E-state index contributed by atoms with van der Waals surface area (Å²) >= 11 is 9.58. The first-order valence-electron chi connectivity index (χ1n) is 8.77. The highest BCUT2D eigenvalue weighted by Crippen LogP contribution is 2.32. The maximum atomic E-state index is 12.1. The number of fused-ring (bicyclic) bond motifs is 1. The van der Waals surface area contributed by atoms with Gasteiger partial charge >= 0.3 is 5.97 Å². The molecule has 0 saturated carbocycles. The molecule has 140 valence electrons. The zero-order chi connectivity index (χ0) is 19.0. The molecule has 2 N–H and O–H groups in total. The number of carbonyl (C=O) groups is 1. The number of benzene rings is 2. The van der Waals surface area contributed by atoms with E-state index in [9.17, 15) is 9.90 Å². The molecule has 1 atom stereocenters. The summed E-state index contributed by atoms with van der Waals surface area (Å²) in [5, 5.41) is 11.6. The second-order valence-corrected chi connectivity index (χ2v) is 8.03. The van der Waals surface area contributed by atoms with Crippen molar-refractivity contribution in [3.63, 3.8) is 0 Å². The molecule has 1 aliphatic heterocycles. The fourth-order valence-corrected chi connectivity index (χ4v) is 4.28. The lowest BCUT2D eigenvalue weighted by molar-refractivity contribution is -0.143. The van der Waals surface area contributed by atoms with Crippen molar-refractivity contribution in [3.05, 3.63) is 63.7 Å². The van der Waals surface area contributed by atoms with Gasteiger partial charge in [0, 0.05) is 64.0 Å². The zero-order valence-electron chi connectivity index (χ0n) is 14.5. The third-order valence-electron chi connectivity index (χ3n) is 5.06. The van der Waals surface area contributed by atoms with Crippen LogP contribution in [0.1, 0.15) is 11.6 Å². The number of nitrogens with zero attached hydrogens (tertiary/aromatic N) is 2. The monoisotopic (exact) mass is 447 g/mol. The van der Waals surface area contributed by atoms with Crippen LogP contribution in [0.5, 0.6) is 0 Å². The molecule has 0 amide bonds. The fourth-order valence-electron chi connectivity index (χ4n) is 3.74. The molecule has 1 saturated heterocycles. The number of anilines is 1. The minimum absolute atomic E-state index is 0.671. The maximum absolute atomic E-state index is 12.1. The van der Waals surface area contributed by atoms with Crippen LogP contribution in [-0.4, -0.2) is 47.1 Å². The Hall–Kier alpha value is -2.02. The minimum Gasteiger partial charge on any atom is -0.480 e. The van der Waals surface area contributed by atoms with Crippen molar-refractivity contribution < 1.29 is 9.90 Å². The predicted molar refractivity (Wildman–Crippen MR) is 112 cm³/mol. The summed E-state index contributed by atoms with van der Waals surface area (Å²) in [5.41, 5.74) is 2.82. The van der Waals surface area contributed by atoms with Crippen molar-refractivity contribution in [3.8, 4) is 0 Å². The largest absolute Gasteiger partial charge is 0.480 e. The van der Waals surface area contributed by atoms with Crippen molar-refractivity contribution in [2.24, 2.45) is 0 Å². The van der Waals surface area contributed by atoms with Gasteiger partial charge in [-0.1, -0.05) is 33.6 Å². The van der Waals surface area contributed by atoms with E-state index in [0.29, 0.717) is 18.1 Å². The lowest BCUT2D eigenvalue weighted by atomic mass is 10.0. The number of nitrogens with one attached hydrogen (secondary N) is 1. The summed E-state index contributed by atoms with van der Waals surface area (Å²) < 4.78 is 0.936. The number of halogens is 2. The summed E-state index contributed by atoms with van der Waals surface area (Å²) in [6, 6.07) is 13.0. The summed E-state index contributed by atoms with van der Waals surface area (Å²) in [6.45, 7) is 2.86. The first-order chi connectivity index (χ1) is 13.0. The van der Waals surface area contributed by atoms with E-state index >= 15 is 0 Å². The Morgan fingerprint density at radius 2 is 1.93 bits per heavy atom. The van der Waals surface area contributed by atoms with Crippen LogP contribution in [0.4, 0.5) is 5.69 Å². The van der Waals surface area contributed by atoms with Crippen LogP contribution >= 0.6 is 27.5 Å². The average molecular weight is 449 g/mol. The summed E-state index contributed by atoms with van der Waals surface area (Å²) in [6.07, 6.45) is 1.82. The van der Waals surface area contributed by atoms with Gasteiger partial charge in [-0.15, -0.1) is 0 Å². The van der Waals surface area contributed by atoms with E-state index in [1.54, 1.807) is 0 Å². The van der Waals surface area contributed by atoms with Gasteiger partial charge in [0.2, 0.25) is 0 Å². The normalized spacial score (nSPS) is 16.6. The average Bonchev–Trinajstić information content (AvgIpc) is 3.05. The molecule has 4 rings (SSSR count). The van der Waals surface area contributed by atoms with Crippen LogP contribution in [-0.2, 0) is 4.79 Å². The van der Waals surface area contributed by atoms with Crippen molar-refractivity contribution in [2.45, 2.75) is 6.04 Å². The lowest BCUT2D eigenvalue weighted by Gasteiger charge is -2.38. The molecule has 5 nitrogen and oxygen atoms in total. The second kappa shape index (κ2) is 7.54. The van der Waals surface area contributed by atoms with Crippen LogP contribution in [0, 0.1) is 0 Å². The van der Waals surface area contributed by atoms with Crippen molar-refractivity contribution in [1.29, 1.82) is 0 Å². The van der Waals surface area contributed by atoms with E-state index in [0.717, 1.165) is 39.7 Å². The molecule has 2 aromatic carbocycles. The molecule has 2 heterocycles. The van der Waals surface area contributed by atoms with Crippen LogP contribution in [0.25, 0.3) is 10.9 Å². The molecular weight excluding hydrogens is 430 g/mol. The highest BCUT2D eigenvalue weighted by Gasteiger charge is 2.32. The van der Waals surface area contributed by atoms with Gasteiger partial charge in [0.05, 0.1) is 0 Å². The first-order valence-corrected chi connectivity index (χ1v) is 9.94. The molecule has 0 bridgehead atoms. The minimum atomic E-state index is -0.827. The third-order valence-corrected chi connectivity index (χ3v) is 5.79. The molecule has 1 aromatic heterocycles. The number of rotatable bonds is 4. The van der Waals surface area contributed by atoms with Gasteiger partial charge in [-0.3, -0.25) is 9.69 Å². The molecule has 1 fully saturated rings. The van der Waals surface area contributed by atoms with Gasteiger partial charge in [0.1, 0.15) is 6.04 Å². The molecule has 3 aromatic rings. The second-order valence-electron chi connectivity index (χ2n) is 6.68. The number of carboxylic acids is 1.